The van der Waals surface area contributed by atoms with Crippen molar-refractivity contribution in [3.05, 3.63) is 0 Å². The molecular formula is C12H22F3NO. The van der Waals surface area contributed by atoms with E-state index in [4.69, 9.17) is 4.74 Å². The maximum Gasteiger partial charge on any atom is 0.391 e. The van der Waals surface area contributed by atoms with E-state index in [1.54, 1.807) is 0 Å². The minimum atomic E-state index is -4.04. The number of alkyl halides is 3. The van der Waals surface area contributed by atoms with Crippen molar-refractivity contribution in [2.24, 2.45) is 5.92 Å². The molecule has 5 heteroatoms. The van der Waals surface area contributed by atoms with Gasteiger partial charge in [0.1, 0.15) is 0 Å². The van der Waals surface area contributed by atoms with E-state index in [1.165, 1.54) is 0 Å². The summed E-state index contributed by atoms with van der Waals surface area (Å²) >= 11 is 0. The van der Waals surface area contributed by atoms with Crippen molar-refractivity contribution in [3.63, 3.8) is 0 Å². The number of rotatable bonds is 5. The van der Waals surface area contributed by atoms with Crippen LogP contribution in [0.25, 0.3) is 0 Å². The lowest BCUT2D eigenvalue weighted by Gasteiger charge is -2.32. The molecule has 0 saturated heterocycles. The van der Waals surface area contributed by atoms with Crippen LogP contribution in [0, 0.1) is 5.92 Å². The quantitative estimate of drug-likeness (QED) is 0.812. The van der Waals surface area contributed by atoms with Crippen LogP contribution in [0.4, 0.5) is 13.2 Å². The Balaban J connectivity index is 2.34. The van der Waals surface area contributed by atoms with Gasteiger partial charge < -0.3 is 10.1 Å². The van der Waals surface area contributed by atoms with Gasteiger partial charge in [-0.25, -0.2) is 0 Å². The van der Waals surface area contributed by atoms with Crippen LogP contribution >= 0.6 is 0 Å². The Morgan fingerprint density at radius 3 is 2.65 bits per heavy atom. The first-order valence-corrected chi connectivity index (χ1v) is 6.34. The Hall–Kier alpha value is -0.290. The summed E-state index contributed by atoms with van der Waals surface area (Å²) in [4.78, 5) is 0. The fourth-order valence-corrected chi connectivity index (χ4v) is 2.38. The fourth-order valence-electron chi connectivity index (χ4n) is 2.38. The summed E-state index contributed by atoms with van der Waals surface area (Å²) in [5.41, 5.74) is 0. The molecule has 1 saturated carbocycles. The SMILES string of the molecule is CCOCC(C)NC1CCCC(C(F)(F)F)C1. The molecule has 0 aromatic heterocycles. The van der Waals surface area contributed by atoms with Gasteiger partial charge in [0.25, 0.3) is 0 Å². The van der Waals surface area contributed by atoms with Gasteiger partial charge >= 0.3 is 6.18 Å². The Morgan fingerprint density at radius 1 is 1.35 bits per heavy atom. The van der Waals surface area contributed by atoms with E-state index < -0.39 is 12.1 Å². The first-order valence-electron chi connectivity index (χ1n) is 6.34. The second-order valence-electron chi connectivity index (χ2n) is 4.83. The molecule has 1 N–H and O–H groups in total. The van der Waals surface area contributed by atoms with Gasteiger partial charge in [-0.05, 0) is 33.1 Å². The van der Waals surface area contributed by atoms with Gasteiger partial charge in [0.05, 0.1) is 12.5 Å². The van der Waals surface area contributed by atoms with Gasteiger partial charge in [-0.3, -0.25) is 0 Å². The molecule has 102 valence electrons. The summed E-state index contributed by atoms with van der Waals surface area (Å²) in [5.74, 6) is -1.13. The third kappa shape index (κ3) is 5.25. The lowest BCUT2D eigenvalue weighted by atomic mass is 9.85. The third-order valence-corrected chi connectivity index (χ3v) is 3.23. The number of ether oxygens (including phenoxy) is 1. The van der Waals surface area contributed by atoms with E-state index in [0.29, 0.717) is 19.6 Å². The number of hydrogen-bond donors (Lipinski definition) is 1. The smallest absolute Gasteiger partial charge is 0.380 e. The average Bonchev–Trinajstić information content (AvgIpc) is 2.25. The first-order chi connectivity index (χ1) is 7.93. The summed E-state index contributed by atoms with van der Waals surface area (Å²) in [6, 6.07) is 0.0952. The molecule has 0 aliphatic heterocycles. The van der Waals surface area contributed by atoms with Crippen LogP contribution in [-0.2, 0) is 4.74 Å². The molecule has 0 bridgehead atoms. The predicted molar refractivity (Wildman–Crippen MR) is 60.9 cm³/mol. The maximum atomic E-state index is 12.6. The van der Waals surface area contributed by atoms with Crippen molar-refractivity contribution >= 4 is 0 Å². The standard InChI is InChI=1S/C12H22F3NO/c1-3-17-8-9(2)16-11-6-4-5-10(7-11)12(13,14)15/h9-11,16H,3-8H2,1-2H3. The van der Waals surface area contributed by atoms with Crippen LogP contribution in [-0.4, -0.2) is 31.5 Å². The summed E-state index contributed by atoms with van der Waals surface area (Å²) in [7, 11) is 0. The van der Waals surface area contributed by atoms with Crippen LogP contribution in [0.5, 0.6) is 0 Å². The Labute approximate surface area is 101 Å². The molecule has 1 fully saturated rings. The van der Waals surface area contributed by atoms with E-state index >= 15 is 0 Å². The van der Waals surface area contributed by atoms with Crippen molar-refractivity contribution in [2.75, 3.05) is 13.2 Å². The van der Waals surface area contributed by atoms with Crippen molar-refractivity contribution in [2.45, 2.75) is 57.8 Å². The molecule has 0 aromatic rings. The summed E-state index contributed by atoms with van der Waals surface area (Å²) in [6.45, 7) is 5.06. The Morgan fingerprint density at radius 2 is 2.06 bits per heavy atom. The first kappa shape index (κ1) is 14.8. The fraction of sp³-hybridized carbons (Fsp3) is 1.00. The van der Waals surface area contributed by atoms with Gasteiger partial charge in [-0.15, -0.1) is 0 Å². The van der Waals surface area contributed by atoms with Gasteiger partial charge in [0.15, 0.2) is 0 Å². The molecule has 0 spiro atoms. The Kier molecular flexibility index (Phi) is 5.73. The molecule has 17 heavy (non-hydrogen) atoms. The van der Waals surface area contributed by atoms with Crippen LogP contribution < -0.4 is 5.32 Å². The van der Waals surface area contributed by atoms with Crippen LogP contribution in [0.1, 0.15) is 39.5 Å². The molecule has 0 heterocycles. The van der Waals surface area contributed by atoms with Crippen LogP contribution in [0.2, 0.25) is 0 Å². The zero-order valence-electron chi connectivity index (χ0n) is 10.5. The highest BCUT2D eigenvalue weighted by Gasteiger charge is 2.42. The molecule has 0 aromatic carbocycles. The van der Waals surface area contributed by atoms with Crippen LogP contribution in [0.3, 0.4) is 0 Å². The third-order valence-electron chi connectivity index (χ3n) is 3.23. The largest absolute Gasteiger partial charge is 0.391 e. The van der Waals surface area contributed by atoms with E-state index in [-0.39, 0.29) is 24.9 Å². The van der Waals surface area contributed by atoms with Gasteiger partial charge in [-0.1, -0.05) is 6.42 Å². The molecule has 1 aliphatic carbocycles. The van der Waals surface area contributed by atoms with Crippen molar-refractivity contribution in [1.82, 2.24) is 5.32 Å². The zero-order valence-corrected chi connectivity index (χ0v) is 10.5. The molecule has 2 nitrogen and oxygen atoms in total. The van der Waals surface area contributed by atoms with E-state index in [9.17, 15) is 13.2 Å². The molecule has 3 unspecified atom stereocenters. The van der Waals surface area contributed by atoms with E-state index in [1.807, 2.05) is 13.8 Å². The molecule has 1 rings (SSSR count). The molecule has 0 radical (unpaired) electrons. The average molecular weight is 253 g/mol. The second kappa shape index (κ2) is 6.59. The van der Waals surface area contributed by atoms with Gasteiger partial charge in [0, 0.05) is 18.7 Å². The maximum absolute atomic E-state index is 12.6. The van der Waals surface area contributed by atoms with E-state index in [2.05, 4.69) is 5.32 Å². The lowest BCUT2D eigenvalue weighted by molar-refractivity contribution is -0.183. The topological polar surface area (TPSA) is 21.3 Å². The lowest BCUT2D eigenvalue weighted by Crippen LogP contribution is -2.44. The van der Waals surface area contributed by atoms with Crippen molar-refractivity contribution in [3.8, 4) is 0 Å². The van der Waals surface area contributed by atoms with Gasteiger partial charge in [-0.2, -0.15) is 13.2 Å². The summed E-state index contributed by atoms with van der Waals surface area (Å²) in [5, 5.41) is 3.23. The molecule has 3 atom stereocenters. The number of nitrogens with one attached hydrogen (secondary N) is 1. The minimum absolute atomic E-state index is 0.0224. The molecule has 0 amide bonds. The van der Waals surface area contributed by atoms with Gasteiger partial charge in [0.2, 0.25) is 0 Å². The predicted octanol–water partition coefficient (Wildman–Crippen LogP) is 3.12. The highest BCUT2D eigenvalue weighted by Crippen LogP contribution is 2.37. The zero-order chi connectivity index (χ0) is 12.9. The summed E-state index contributed by atoms with van der Waals surface area (Å²) in [6.07, 6.45) is -2.06. The van der Waals surface area contributed by atoms with Crippen molar-refractivity contribution in [1.29, 1.82) is 0 Å². The number of halogens is 3. The van der Waals surface area contributed by atoms with Crippen LogP contribution in [0.15, 0.2) is 0 Å². The highest BCUT2D eigenvalue weighted by atomic mass is 19.4. The number of hydrogen-bond acceptors (Lipinski definition) is 2. The van der Waals surface area contributed by atoms with E-state index in [0.717, 1.165) is 6.42 Å². The minimum Gasteiger partial charge on any atom is -0.380 e. The monoisotopic (exact) mass is 253 g/mol. The van der Waals surface area contributed by atoms with Crippen molar-refractivity contribution < 1.29 is 17.9 Å². The molecule has 1 aliphatic rings. The summed E-state index contributed by atoms with van der Waals surface area (Å²) < 4.78 is 43.1. The Bertz CT molecular complexity index is 220. The molecular weight excluding hydrogens is 231 g/mol. The second-order valence-corrected chi connectivity index (χ2v) is 4.83. The highest BCUT2D eigenvalue weighted by molar-refractivity contribution is 4.83. The normalized spacial score (nSPS) is 28.1.